The SMILES string of the molecule is CC/C=C\C/C=C\C/C=C\C/C=C\C/C=C\CCCC(=O)OC[C@H](COC(=O)CCCCCCCCCCCCC/C=C\CCCCCCCC)OC(=O)CCCCCC/C=C\C/C=C\C/C=C\C/C=C\CC. The summed E-state index contributed by atoms with van der Waals surface area (Å²) in [7, 11) is 0. The van der Waals surface area contributed by atoms with Crippen molar-refractivity contribution in [3.8, 4) is 0 Å². The lowest BCUT2D eigenvalue weighted by atomic mass is 10.0. The van der Waals surface area contributed by atoms with Crippen LogP contribution in [0.4, 0.5) is 0 Å². The Morgan fingerprint density at radius 3 is 0.904 bits per heavy atom. The second-order valence-electron chi connectivity index (χ2n) is 19.5. The molecular weight excluding hydrogens is 901 g/mol. The number of hydrogen-bond acceptors (Lipinski definition) is 6. The maximum Gasteiger partial charge on any atom is 0.306 e. The van der Waals surface area contributed by atoms with Crippen LogP contribution in [0.2, 0.25) is 0 Å². The maximum atomic E-state index is 12.9. The molecule has 6 heteroatoms. The summed E-state index contributed by atoms with van der Waals surface area (Å²) < 4.78 is 16.8. The Morgan fingerprint density at radius 2 is 0.548 bits per heavy atom. The molecule has 0 amide bonds. The number of rotatable bonds is 53. The minimum absolute atomic E-state index is 0.108. The van der Waals surface area contributed by atoms with E-state index < -0.39 is 6.10 Å². The predicted molar refractivity (Wildman–Crippen MR) is 316 cm³/mol. The van der Waals surface area contributed by atoms with Crippen molar-refractivity contribution in [2.75, 3.05) is 13.2 Å². The fourth-order valence-electron chi connectivity index (χ4n) is 7.99. The molecule has 0 saturated heterocycles. The monoisotopic (exact) mass is 1010 g/mol. The van der Waals surface area contributed by atoms with Crippen molar-refractivity contribution in [3.63, 3.8) is 0 Å². The lowest BCUT2D eigenvalue weighted by Gasteiger charge is -2.18. The molecule has 0 fully saturated rings. The highest BCUT2D eigenvalue weighted by Crippen LogP contribution is 2.15. The van der Waals surface area contributed by atoms with Crippen molar-refractivity contribution in [1.82, 2.24) is 0 Å². The zero-order valence-corrected chi connectivity index (χ0v) is 47.4. The van der Waals surface area contributed by atoms with Crippen LogP contribution in [0.15, 0.2) is 122 Å². The summed E-state index contributed by atoms with van der Waals surface area (Å²) in [4.78, 5) is 38.2. The maximum absolute atomic E-state index is 12.9. The minimum atomic E-state index is -0.818. The van der Waals surface area contributed by atoms with E-state index in [4.69, 9.17) is 14.2 Å². The van der Waals surface area contributed by atoms with Gasteiger partial charge >= 0.3 is 17.9 Å². The molecular formula is C67H110O6. The fourth-order valence-corrected chi connectivity index (χ4v) is 7.99. The molecule has 0 radical (unpaired) electrons. The molecule has 0 aromatic carbocycles. The van der Waals surface area contributed by atoms with Gasteiger partial charge in [0, 0.05) is 19.3 Å². The van der Waals surface area contributed by atoms with Crippen LogP contribution in [0.25, 0.3) is 0 Å². The van der Waals surface area contributed by atoms with Gasteiger partial charge in [0.15, 0.2) is 6.10 Å². The van der Waals surface area contributed by atoms with Crippen molar-refractivity contribution in [1.29, 1.82) is 0 Å². The summed E-state index contributed by atoms with van der Waals surface area (Å²) >= 11 is 0. The van der Waals surface area contributed by atoms with Crippen LogP contribution < -0.4 is 0 Å². The summed E-state index contributed by atoms with van der Waals surface area (Å²) in [5.74, 6) is -0.993. The van der Waals surface area contributed by atoms with E-state index >= 15 is 0 Å². The highest BCUT2D eigenvalue weighted by molar-refractivity contribution is 5.71. The van der Waals surface area contributed by atoms with Gasteiger partial charge in [-0.2, -0.15) is 0 Å². The van der Waals surface area contributed by atoms with Crippen LogP contribution in [0.1, 0.15) is 265 Å². The Morgan fingerprint density at radius 1 is 0.288 bits per heavy atom. The van der Waals surface area contributed by atoms with Gasteiger partial charge in [-0.3, -0.25) is 14.4 Å². The topological polar surface area (TPSA) is 78.9 Å². The molecule has 0 spiro atoms. The highest BCUT2D eigenvalue weighted by Gasteiger charge is 2.19. The first-order valence-corrected chi connectivity index (χ1v) is 30.0. The number of hydrogen-bond donors (Lipinski definition) is 0. The number of ether oxygens (including phenoxy) is 3. The van der Waals surface area contributed by atoms with Crippen molar-refractivity contribution >= 4 is 17.9 Å². The quantitative estimate of drug-likeness (QED) is 0.0261. The van der Waals surface area contributed by atoms with Gasteiger partial charge in [0.25, 0.3) is 0 Å². The molecule has 6 nitrogen and oxygen atoms in total. The summed E-state index contributed by atoms with van der Waals surface area (Å²) in [6.07, 6.45) is 83.4. The van der Waals surface area contributed by atoms with E-state index in [2.05, 4.69) is 142 Å². The van der Waals surface area contributed by atoms with E-state index in [1.807, 2.05) is 0 Å². The van der Waals surface area contributed by atoms with E-state index in [0.717, 1.165) is 116 Å². The molecule has 0 aliphatic rings. The molecule has 0 heterocycles. The third-order valence-electron chi connectivity index (χ3n) is 12.4. The molecule has 0 aliphatic heterocycles. The van der Waals surface area contributed by atoms with E-state index in [-0.39, 0.29) is 44.0 Å². The molecule has 0 rings (SSSR count). The zero-order valence-electron chi connectivity index (χ0n) is 47.4. The molecule has 73 heavy (non-hydrogen) atoms. The fraction of sp³-hybridized carbons (Fsp3) is 0.657. The van der Waals surface area contributed by atoms with E-state index in [0.29, 0.717) is 12.8 Å². The molecule has 0 aromatic heterocycles. The summed E-state index contributed by atoms with van der Waals surface area (Å²) in [6.45, 7) is 6.35. The number of esters is 3. The summed E-state index contributed by atoms with van der Waals surface area (Å²) in [5.41, 5.74) is 0. The molecule has 0 unspecified atom stereocenters. The van der Waals surface area contributed by atoms with Crippen molar-refractivity contribution in [2.24, 2.45) is 0 Å². The average molecular weight is 1010 g/mol. The number of allylic oxidation sites excluding steroid dienone is 20. The number of carbonyl (C=O) groups is 3. The van der Waals surface area contributed by atoms with E-state index in [1.165, 1.54) is 103 Å². The van der Waals surface area contributed by atoms with Crippen molar-refractivity contribution < 1.29 is 28.6 Å². The predicted octanol–water partition coefficient (Wildman–Crippen LogP) is 20.4. The molecule has 0 bridgehead atoms. The molecule has 0 N–H and O–H groups in total. The van der Waals surface area contributed by atoms with Crippen molar-refractivity contribution in [3.05, 3.63) is 122 Å². The minimum Gasteiger partial charge on any atom is -0.462 e. The normalized spacial score (nSPS) is 13.0. The van der Waals surface area contributed by atoms with Crippen LogP contribution in [-0.2, 0) is 28.6 Å². The molecule has 414 valence electrons. The summed E-state index contributed by atoms with van der Waals surface area (Å²) in [5, 5.41) is 0. The third kappa shape index (κ3) is 58.6. The molecule has 0 aliphatic carbocycles. The number of carbonyl (C=O) groups excluding carboxylic acids is 3. The van der Waals surface area contributed by atoms with Crippen LogP contribution >= 0.6 is 0 Å². The van der Waals surface area contributed by atoms with Crippen LogP contribution in [-0.4, -0.2) is 37.2 Å². The van der Waals surface area contributed by atoms with Crippen LogP contribution in [0.5, 0.6) is 0 Å². The van der Waals surface area contributed by atoms with Crippen molar-refractivity contribution in [2.45, 2.75) is 271 Å². The highest BCUT2D eigenvalue weighted by atomic mass is 16.6. The Kier molecular flexibility index (Phi) is 56.9. The van der Waals surface area contributed by atoms with Crippen LogP contribution in [0.3, 0.4) is 0 Å². The lowest BCUT2D eigenvalue weighted by molar-refractivity contribution is -0.167. The van der Waals surface area contributed by atoms with Gasteiger partial charge in [-0.25, -0.2) is 0 Å². The second kappa shape index (κ2) is 60.4. The van der Waals surface area contributed by atoms with Gasteiger partial charge in [-0.05, 0) is 122 Å². The Labute approximate surface area is 450 Å². The first-order chi connectivity index (χ1) is 36.0. The largest absolute Gasteiger partial charge is 0.462 e. The Balaban J connectivity index is 4.49. The van der Waals surface area contributed by atoms with Gasteiger partial charge in [0.2, 0.25) is 0 Å². The van der Waals surface area contributed by atoms with Crippen LogP contribution in [0, 0.1) is 0 Å². The smallest absolute Gasteiger partial charge is 0.306 e. The Bertz CT molecular complexity index is 1540. The van der Waals surface area contributed by atoms with Gasteiger partial charge in [-0.1, -0.05) is 245 Å². The van der Waals surface area contributed by atoms with E-state index in [9.17, 15) is 14.4 Å². The Hall–Kier alpha value is -4.19. The molecule has 0 aromatic rings. The third-order valence-corrected chi connectivity index (χ3v) is 12.4. The first-order valence-electron chi connectivity index (χ1n) is 30.0. The standard InChI is InChI=1S/C67H110O6/c1-4-7-10-13-16-19-22-25-28-31-32-33-34-37-39-42-45-48-51-54-57-60-66(69)72-63-64(73-67(70)61-58-55-52-49-46-43-40-36-30-27-24-21-18-15-12-9-6-3)62-71-65(68)59-56-53-50-47-44-41-38-35-29-26-23-20-17-14-11-8-5-2/h8-9,11-12,17-18,20-21,25-30,38,40-41,43,47,50,64H,4-7,10,13-16,19,22-24,31-37,39,42,44-46,48-49,51-63H2,1-3H3/b11-8-,12-9-,20-17-,21-18-,28-25-,29-26-,30-27-,41-38-,43-40-,50-47-/t64-/m1/s1. The van der Waals surface area contributed by atoms with Gasteiger partial charge in [-0.15, -0.1) is 0 Å². The van der Waals surface area contributed by atoms with E-state index in [1.54, 1.807) is 0 Å². The zero-order chi connectivity index (χ0) is 52.9. The van der Waals surface area contributed by atoms with Gasteiger partial charge in [0.05, 0.1) is 0 Å². The molecule has 1 atom stereocenters. The summed E-state index contributed by atoms with van der Waals surface area (Å²) in [6, 6.07) is 0. The average Bonchev–Trinajstić information content (AvgIpc) is 3.39. The van der Waals surface area contributed by atoms with Gasteiger partial charge < -0.3 is 14.2 Å². The molecule has 0 saturated carbocycles. The number of unbranched alkanes of at least 4 members (excludes halogenated alkanes) is 22. The first kappa shape index (κ1) is 68.8. The second-order valence-corrected chi connectivity index (χ2v) is 19.5. The van der Waals surface area contributed by atoms with Gasteiger partial charge in [0.1, 0.15) is 13.2 Å². The lowest BCUT2D eigenvalue weighted by Crippen LogP contribution is -2.30.